The van der Waals surface area contributed by atoms with Crippen molar-refractivity contribution < 1.29 is 4.39 Å². The topological polar surface area (TPSA) is 33.6 Å². The van der Waals surface area contributed by atoms with E-state index < -0.39 is 0 Å². The van der Waals surface area contributed by atoms with Gasteiger partial charge in [0.05, 0.1) is 0 Å². The second-order valence-electron chi connectivity index (χ2n) is 3.37. The van der Waals surface area contributed by atoms with Gasteiger partial charge in [-0.25, -0.2) is 4.39 Å². The van der Waals surface area contributed by atoms with Crippen molar-refractivity contribution in [1.82, 2.24) is 14.8 Å². The van der Waals surface area contributed by atoms with Gasteiger partial charge in [0.15, 0.2) is 10.6 Å². The fourth-order valence-electron chi connectivity index (χ4n) is 1.42. The third-order valence-electron chi connectivity index (χ3n) is 2.32. The number of aromatic amines is 1. The molecule has 0 aliphatic heterocycles. The molecule has 1 aromatic carbocycles. The molecule has 0 bridgehead atoms. The van der Waals surface area contributed by atoms with Crippen LogP contribution in [0.25, 0.3) is 11.4 Å². The quantitative estimate of drug-likeness (QED) is 0.754. The SMILES string of the molecule is Cc1ccc(F)cc1-c1n[nH]c(=S)n1C. The lowest BCUT2D eigenvalue weighted by atomic mass is 10.1. The van der Waals surface area contributed by atoms with Gasteiger partial charge in [-0.2, -0.15) is 5.10 Å². The van der Waals surface area contributed by atoms with Gasteiger partial charge >= 0.3 is 0 Å². The predicted molar refractivity (Wildman–Crippen MR) is 58.5 cm³/mol. The number of hydrogen-bond acceptors (Lipinski definition) is 2. The van der Waals surface area contributed by atoms with E-state index in [1.165, 1.54) is 12.1 Å². The Morgan fingerprint density at radius 2 is 2.20 bits per heavy atom. The molecule has 0 saturated heterocycles. The molecule has 2 aromatic rings. The molecule has 1 N–H and O–H groups in total. The zero-order chi connectivity index (χ0) is 11.0. The molecule has 0 unspecified atom stereocenters. The molecule has 0 saturated carbocycles. The monoisotopic (exact) mass is 223 g/mol. The fraction of sp³-hybridized carbons (Fsp3) is 0.200. The highest BCUT2D eigenvalue weighted by Gasteiger charge is 2.09. The van der Waals surface area contributed by atoms with Crippen LogP contribution in [0.2, 0.25) is 0 Å². The van der Waals surface area contributed by atoms with E-state index in [1.54, 1.807) is 17.7 Å². The molecule has 0 aliphatic rings. The number of nitrogens with one attached hydrogen (secondary N) is 1. The smallest absolute Gasteiger partial charge is 0.195 e. The highest BCUT2D eigenvalue weighted by atomic mass is 32.1. The number of rotatable bonds is 1. The summed E-state index contributed by atoms with van der Waals surface area (Å²) in [5.41, 5.74) is 1.72. The fourth-order valence-corrected chi connectivity index (χ4v) is 1.56. The van der Waals surface area contributed by atoms with Gasteiger partial charge in [-0.3, -0.25) is 5.10 Å². The summed E-state index contributed by atoms with van der Waals surface area (Å²) >= 11 is 5.00. The summed E-state index contributed by atoms with van der Waals surface area (Å²) in [7, 11) is 1.80. The average molecular weight is 223 g/mol. The summed E-state index contributed by atoms with van der Waals surface area (Å²) in [6.45, 7) is 1.91. The van der Waals surface area contributed by atoms with Gasteiger partial charge in [0, 0.05) is 12.6 Å². The van der Waals surface area contributed by atoms with Gasteiger partial charge in [-0.15, -0.1) is 0 Å². The van der Waals surface area contributed by atoms with Crippen LogP contribution in [0.5, 0.6) is 0 Å². The molecule has 15 heavy (non-hydrogen) atoms. The lowest BCUT2D eigenvalue weighted by Gasteiger charge is -2.04. The van der Waals surface area contributed by atoms with Crippen LogP contribution in [-0.2, 0) is 7.05 Å². The van der Waals surface area contributed by atoms with E-state index in [1.807, 2.05) is 6.92 Å². The van der Waals surface area contributed by atoms with Crippen LogP contribution < -0.4 is 0 Å². The Labute approximate surface area is 91.6 Å². The highest BCUT2D eigenvalue weighted by Crippen LogP contribution is 2.21. The van der Waals surface area contributed by atoms with E-state index in [0.717, 1.165) is 11.1 Å². The first-order valence-corrected chi connectivity index (χ1v) is 4.88. The van der Waals surface area contributed by atoms with Crippen LogP contribution in [-0.4, -0.2) is 14.8 Å². The Kier molecular flexibility index (Phi) is 2.40. The molecule has 78 valence electrons. The normalized spacial score (nSPS) is 10.6. The van der Waals surface area contributed by atoms with Crippen molar-refractivity contribution in [3.05, 3.63) is 34.4 Å². The molecule has 1 aromatic heterocycles. The minimum absolute atomic E-state index is 0.274. The molecular formula is C10H10FN3S. The maximum atomic E-state index is 13.1. The maximum Gasteiger partial charge on any atom is 0.195 e. The molecule has 3 nitrogen and oxygen atoms in total. The Hall–Kier alpha value is -1.49. The van der Waals surface area contributed by atoms with Crippen molar-refractivity contribution in [2.75, 3.05) is 0 Å². The van der Waals surface area contributed by atoms with Crippen molar-refractivity contribution in [3.63, 3.8) is 0 Å². The summed E-state index contributed by atoms with van der Waals surface area (Å²) in [5.74, 6) is 0.376. The van der Waals surface area contributed by atoms with E-state index in [9.17, 15) is 4.39 Å². The van der Waals surface area contributed by atoms with Crippen LogP contribution in [0.15, 0.2) is 18.2 Å². The number of halogens is 1. The largest absolute Gasteiger partial charge is 0.303 e. The first-order chi connectivity index (χ1) is 7.09. The molecule has 1 heterocycles. The van der Waals surface area contributed by atoms with Gasteiger partial charge < -0.3 is 4.57 Å². The minimum Gasteiger partial charge on any atom is -0.303 e. The second-order valence-corrected chi connectivity index (χ2v) is 3.76. The Morgan fingerprint density at radius 1 is 1.47 bits per heavy atom. The van der Waals surface area contributed by atoms with E-state index in [2.05, 4.69) is 10.2 Å². The van der Waals surface area contributed by atoms with Crippen LogP contribution >= 0.6 is 12.2 Å². The summed E-state index contributed by atoms with van der Waals surface area (Å²) < 4.78 is 15.3. The summed E-state index contributed by atoms with van der Waals surface area (Å²) in [6.07, 6.45) is 0. The van der Waals surface area contributed by atoms with Crippen LogP contribution in [0.1, 0.15) is 5.56 Å². The molecule has 0 radical (unpaired) electrons. The van der Waals surface area contributed by atoms with E-state index >= 15 is 0 Å². The van der Waals surface area contributed by atoms with Gasteiger partial charge in [-0.05, 0) is 36.8 Å². The van der Waals surface area contributed by atoms with Crippen LogP contribution in [0, 0.1) is 17.5 Å². The molecular weight excluding hydrogens is 213 g/mol. The summed E-state index contributed by atoms with van der Waals surface area (Å²) in [5, 5.41) is 6.74. The minimum atomic E-state index is -0.274. The number of aryl methyl sites for hydroxylation is 1. The summed E-state index contributed by atoms with van der Waals surface area (Å²) in [6, 6.07) is 4.61. The molecule has 0 amide bonds. The van der Waals surface area contributed by atoms with Gasteiger partial charge in [0.25, 0.3) is 0 Å². The molecule has 5 heteroatoms. The van der Waals surface area contributed by atoms with Crippen LogP contribution in [0.3, 0.4) is 0 Å². The second kappa shape index (κ2) is 3.58. The number of nitrogens with zero attached hydrogens (tertiary/aromatic N) is 2. The van der Waals surface area contributed by atoms with Crippen molar-refractivity contribution in [3.8, 4) is 11.4 Å². The maximum absolute atomic E-state index is 13.1. The Bertz CT molecular complexity index is 556. The van der Waals surface area contributed by atoms with Crippen molar-refractivity contribution in [2.45, 2.75) is 6.92 Å². The third kappa shape index (κ3) is 1.70. The lowest BCUT2D eigenvalue weighted by molar-refractivity contribution is 0.627. The van der Waals surface area contributed by atoms with Crippen molar-refractivity contribution >= 4 is 12.2 Å². The Morgan fingerprint density at radius 3 is 2.80 bits per heavy atom. The average Bonchev–Trinajstić information content (AvgIpc) is 2.52. The van der Waals surface area contributed by atoms with E-state index in [4.69, 9.17) is 12.2 Å². The van der Waals surface area contributed by atoms with E-state index in [-0.39, 0.29) is 5.82 Å². The van der Waals surface area contributed by atoms with Gasteiger partial charge in [-0.1, -0.05) is 6.07 Å². The first-order valence-electron chi connectivity index (χ1n) is 4.47. The number of aromatic nitrogens is 3. The van der Waals surface area contributed by atoms with Crippen molar-refractivity contribution in [2.24, 2.45) is 7.05 Å². The summed E-state index contributed by atoms with van der Waals surface area (Å²) in [4.78, 5) is 0. The number of hydrogen-bond donors (Lipinski definition) is 1. The van der Waals surface area contributed by atoms with Crippen molar-refractivity contribution in [1.29, 1.82) is 0 Å². The van der Waals surface area contributed by atoms with Crippen LogP contribution in [0.4, 0.5) is 4.39 Å². The molecule has 0 fully saturated rings. The predicted octanol–water partition coefficient (Wildman–Crippen LogP) is 2.59. The van der Waals surface area contributed by atoms with Gasteiger partial charge in [0.2, 0.25) is 0 Å². The molecule has 0 spiro atoms. The lowest BCUT2D eigenvalue weighted by Crippen LogP contribution is -1.95. The number of benzene rings is 1. The highest BCUT2D eigenvalue weighted by molar-refractivity contribution is 7.71. The zero-order valence-corrected chi connectivity index (χ0v) is 9.23. The molecule has 0 atom stereocenters. The van der Waals surface area contributed by atoms with E-state index in [0.29, 0.717) is 10.6 Å². The first kappa shape index (κ1) is 10.0. The number of H-pyrrole nitrogens is 1. The zero-order valence-electron chi connectivity index (χ0n) is 8.41. The van der Waals surface area contributed by atoms with Gasteiger partial charge in [0.1, 0.15) is 5.82 Å². The third-order valence-corrected chi connectivity index (χ3v) is 2.69. The molecule has 2 rings (SSSR count). The molecule has 0 aliphatic carbocycles. The Balaban J connectivity index is 2.68. The standard InChI is InChI=1S/C10H10FN3S/c1-6-3-4-7(11)5-8(6)9-12-13-10(15)14(9)2/h3-5H,1-2H3,(H,13,15).